The first-order chi connectivity index (χ1) is 23.9. The second-order valence-corrected chi connectivity index (χ2v) is 15.8. The summed E-state index contributed by atoms with van der Waals surface area (Å²) >= 11 is 3.31. The van der Waals surface area contributed by atoms with Gasteiger partial charge in [0.25, 0.3) is 16.1 Å². The predicted molar refractivity (Wildman–Crippen MR) is 191 cm³/mol. The molecule has 4 N–H and O–H groups in total. The summed E-state index contributed by atoms with van der Waals surface area (Å²) in [5, 5.41) is 18.5. The number of piperidine rings is 2. The molecular formula is C33H43BBrN7O7S. The number of phenolic OH excluding ortho intramolecular Hbond substituents is 1. The van der Waals surface area contributed by atoms with Crippen molar-refractivity contribution in [2.45, 2.75) is 56.7 Å². The van der Waals surface area contributed by atoms with Crippen molar-refractivity contribution in [2.24, 2.45) is 5.14 Å². The zero-order valence-electron chi connectivity index (χ0n) is 27.9. The number of phenols is 1. The van der Waals surface area contributed by atoms with Crippen LogP contribution in [0.1, 0.15) is 36.8 Å². The van der Waals surface area contributed by atoms with Gasteiger partial charge in [-0.1, -0.05) is 29.7 Å². The maximum absolute atomic E-state index is 14.0. The Bertz CT molecular complexity index is 1670. The molecule has 3 saturated heterocycles. The molecule has 1 atom stereocenters. The number of carbonyl (C=O) groups is 3. The molecule has 4 heterocycles. The lowest BCUT2D eigenvalue weighted by molar-refractivity contribution is -0.142. The number of fused-ring (bicyclic) bond motifs is 1. The zero-order valence-corrected chi connectivity index (χ0v) is 30.3. The maximum atomic E-state index is 14.0. The minimum Gasteiger partial charge on any atom is -0.507 e. The molecule has 2 radical (unpaired) electrons. The van der Waals surface area contributed by atoms with Crippen molar-refractivity contribution in [2.75, 3.05) is 64.2 Å². The van der Waals surface area contributed by atoms with Crippen molar-refractivity contribution < 1.29 is 32.6 Å². The van der Waals surface area contributed by atoms with E-state index in [4.69, 9.17) is 17.7 Å². The molecule has 4 aliphatic rings. The van der Waals surface area contributed by atoms with E-state index in [9.17, 15) is 27.9 Å². The van der Waals surface area contributed by atoms with E-state index in [2.05, 4.69) is 26.1 Å². The highest BCUT2D eigenvalue weighted by atomic mass is 79.9. The van der Waals surface area contributed by atoms with Crippen LogP contribution in [-0.4, -0.2) is 140 Å². The third-order valence-corrected chi connectivity index (χ3v) is 12.0. The van der Waals surface area contributed by atoms with Crippen LogP contribution >= 0.6 is 15.9 Å². The first-order valence-electron chi connectivity index (χ1n) is 17.1. The van der Waals surface area contributed by atoms with Gasteiger partial charge in [0.15, 0.2) is 6.10 Å². The first-order valence-corrected chi connectivity index (χ1v) is 19.4. The van der Waals surface area contributed by atoms with E-state index in [0.29, 0.717) is 94.6 Å². The number of hydrogen-bond acceptors (Lipinski definition) is 8. The number of nitrogens with zero attached hydrogens (tertiary/aromatic N) is 5. The number of likely N-dealkylation sites (tertiary alicyclic amines) is 2. The van der Waals surface area contributed by atoms with Gasteiger partial charge in [0.1, 0.15) is 13.6 Å². The number of hydrogen-bond donors (Lipinski definition) is 3. The number of nitrogens with two attached hydrogens (primary N) is 1. The zero-order chi connectivity index (χ0) is 35.6. The molecule has 0 saturated carbocycles. The molecule has 6 rings (SSSR count). The molecule has 50 heavy (non-hydrogen) atoms. The number of rotatable bonds is 7. The number of nitrogens with one attached hydrogen (secondary N) is 1. The largest absolute Gasteiger partial charge is 0.507 e. The highest BCUT2D eigenvalue weighted by Gasteiger charge is 2.37. The normalized spacial score (nSPS) is 20.9. The van der Waals surface area contributed by atoms with Gasteiger partial charge in [-0.15, -0.1) is 0 Å². The first kappa shape index (κ1) is 36.4. The topological polar surface area (TPSA) is 169 Å². The van der Waals surface area contributed by atoms with Gasteiger partial charge in [-0.05, 0) is 71.3 Å². The molecule has 0 aliphatic carbocycles. The summed E-state index contributed by atoms with van der Waals surface area (Å²) in [6.45, 7) is 4.06. The number of urea groups is 1. The lowest BCUT2D eigenvalue weighted by Gasteiger charge is -2.42. The number of anilines is 1. The fourth-order valence-corrected chi connectivity index (χ4v) is 8.66. The van der Waals surface area contributed by atoms with Gasteiger partial charge in [-0.3, -0.25) is 9.69 Å². The highest BCUT2D eigenvalue weighted by Crippen LogP contribution is 2.27. The molecule has 2 aromatic rings. The van der Waals surface area contributed by atoms with E-state index in [0.717, 1.165) is 17.7 Å². The Morgan fingerprint density at radius 2 is 1.60 bits per heavy atom. The van der Waals surface area contributed by atoms with Crippen molar-refractivity contribution in [3.05, 3.63) is 52.0 Å². The van der Waals surface area contributed by atoms with E-state index in [-0.39, 0.29) is 41.7 Å². The van der Waals surface area contributed by atoms with Crippen molar-refractivity contribution >= 4 is 63.2 Å². The summed E-state index contributed by atoms with van der Waals surface area (Å²) in [5.74, 6) is -0.417. The van der Waals surface area contributed by atoms with Crippen LogP contribution in [0.3, 0.4) is 0 Å². The molecule has 3 fully saturated rings. The molecule has 0 aromatic heterocycles. The van der Waals surface area contributed by atoms with E-state index >= 15 is 0 Å². The minimum atomic E-state index is -3.72. The fraction of sp³-hybridized carbons (Fsp3) is 0.545. The summed E-state index contributed by atoms with van der Waals surface area (Å²) in [4.78, 5) is 48.1. The number of benzene rings is 2. The van der Waals surface area contributed by atoms with E-state index < -0.39 is 22.4 Å². The SMILES string of the molecule is [B]c1cc(C[C@@H](OC(=O)N2CCC(N3CCc4ccccc4NC3=O)CC2)C(=O)N2CCC(N3CCN(S(N)(=O)=O)CC3)CC2)cc(Br)c1O. The van der Waals surface area contributed by atoms with Crippen LogP contribution < -0.4 is 15.9 Å². The van der Waals surface area contributed by atoms with Gasteiger partial charge in [0, 0.05) is 83.1 Å². The average molecular weight is 773 g/mol. The summed E-state index contributed by atoms with van der Waals surface area (Å²) < 4.78 is 31.1. The van der Waals surface area contributed by atoms with Gasteiger partial charge >= 0.3 is 12.1 Å². The fourth-order valence-electron chi connectivity index (χ4n) is 7.46. The van der Waals surface area contributed by atoms with Gasteiger partial charge in [0.05, 0.1) is 4.47 Å². The summed E-state index contributed by atoms with van der Waals surface area (Å²) in [5.41, 5.74) is 2.67. The molecule has 0 unspecified atom stereocenters. The molecule has 17 heteroatoms. The molecule has 2 aromatic carbocycles. The van der Waals surface area contributed by atoms with Gasteiger partial charge in [-0.2, -0.15) is 12.7 Å². The van der Waals surface area contributed by atoms with Crippen LogP contribution in [0, 0.1) is 0 Å². The van der Waals surface area contributed by atoms with E-state index in [1.165, 1.54) is 4.31 Å². The number of halogens is 1. The van der Waals surface area contributed by atoms with Gasteiger partial charge in [-0.25, -0.2) is 14.7 Å². The average Bonchev–Trinajstić information content (AvgIpc) is 3.27. The van der Waals surface area contributed by atoms with Crippen LogP contribution in [0.2, 0.25) is 0 Å². The lowest BCUT2D eigenvalue weighted by Crippen LogP contribution is -2.56. The van der Waals surface area contributed by atoms with Crippen LogP contribution in [0.4, 0.5) is 15.3 Å². The van der Waals surface area contributed by atoms with Crippen molar-refractivity contribution in [1.82, 2.24) is 23.9 Å². The number of amides is 4. The van der Waals surface area contributed by atoms with Crippen LogP contribution in [-0.2, 0) is 32.6 Å². The van der Waals surface area contributed by atoms with Crippen molar-refractivity contribution in [1.29, 1.82) is 0 Å². The Labute approximate surface area is 302 Å². The Morgan fingerprint density at radius 3 is 2.26 bits per heavy atom. The molecular weight excluding hydrogens is 729 g/mol. The van der Waals surface area contributed by atoms with Crippen LogP contribution in [0.5, 0.6) is 5.75 Å². The second kappa shape index (κ2) is 15.5. The van der Waals surface area contributed by atoms with Gasteiger partial charge < -0.3 is 29.9 Å². The molecule has 0 spiro atoms. The Hall–Kier alpha value is -3.38. The molecule has 4 aliphatic heterocycles. The number of aromatic hydroxyl groups is 1. The monoisotopic (exact) mass is 771 g/mol. The predicted octanol–water partition coefficient (Wildman–Crippen LogP) is 1.36. The third kappa shape index (κ3) is 8.39. The number of piperazine rings is 1. The summed E-state index contributed by atoms with van der Waals surface area (Å²) in [7, 11) is 2.28. The Morgan fingerprint density at radius 1 is 0.960 bits per heavy atom. The Balaban J connectivity index is 1.07. The van der Waals surface area contributed by atoms with Crippen molar-refractivity contribution in [3.8, 4) is 5.75 Å². The number of para-hydroxylation sites is 1. The summed E-state index contributed by atoms with van der Waals surface area (Å²) in [6, 6.07) is 11.0. The third-order valence-electron chi connectivity index (χ3n) is 10.3. The van der Waals surface area contributed by atoms with E-state index in [1.807, 2.05) is 29.2 Å². The van der Waals surface area contributed by atoms with Crippen molar-refractivity contribution in [3.63, 3.8) is 0 Å². The van der Waals surface area contributed by atoms with E-state index in [1.54, 1.807) is 21.9 Å². The molecule has 268 valence electrons. The quantitative estimate of drug-likeness (QED) is 0.355. The number of ether oxygens (including phenoxy) is 1. The standard InChI is InChI=1S/C33H43BBrN7O7S/c34-26-19-22(20-27(35)30(26)43)21-29(31(44)39-10-6-24(7-11-39)38-15-17-41(18-16-38)50(36,47)48)49-33(46)40-12-8-25(9-13-40)42-14-5-23-3-1-2-4-28(23)37-32(42)45/h1-4,19-20,24-25,29,43H,5-18,21H2,(H,37,45)(H2,36,47,48)/t29-/m1/s1. The lowest BCUT2D eigenvalue weighted by atomic mass is 9.91. The van der Waals surface area contributed by atoms with Crippen LogP contribution in [0.25, 0.3) is 0 Å². The maximum Gasteiger partial charge on any atom is 0.410 e. The highest BCUT2D eigenvalue weighted by molar-refractivity contribution is 9.10. The van der Waals surface area contributed by atoms with Crippen LogP contribution in [0.15, 0.2) is 40.9 Å². The molecule has 0 bridgehead atoms. The summed E-state index contributed by atoms with van der Waals surface area (Å²) in [6.07, 6.45) is 1.64. The molecule has 4 amide bonds. The minimum absolute atomic E-state index is 0.0351. The molecule has 14 nitrogen and oxygen atoms in total. The second-order valence-electron chi connectivity index (χ2n) is 13.4. The number of carbonyl (C=O) groups excluding carboxylic acids is 3. The Kier molecular flexibility index (Phi) is 11.3. The van der Waals surface area contributed by atoms with Gasteiger partial charge in [0.2, 0.25) is 0 Å². The smallest absolute Gasteiger partial charge is 0.410 e.